The number of rotatable bonds is 3. The lowest BCUT2D eigenvalue weighted by Gasteiger charge is -2.11. The Hall–Kier alpha value is -1.49. The third-order valence-electron chi connectivity index (χ3n) is 1.99. The number of thiazole rings is 1. The van der Waals surface area contributed by atoms with Gasteiger partial charge in [0, 0.05) is 23.3 Å². The Morgan fingerprint density at radius 2 is 2.20 bits per heavy atom. The summed E-state index contributed by atoms with van der Waals surface area (Å²) >= 11 is 1.64. The van der Waals surface area contributed by atoms with Crippen molar-refractivity contribution in [3.63, 3.8) is 0 Å². The van der Waals surface area contributed by atoms with Crippen LogP contribution in [0.15, 0.2) is 24.0 Å². The lowest BCUT2D eigenvalue weighted by molar-refractivity contribution is 0.857. The van der Waals surface area contributed by atoms with Crippen LogP contribution < -0.4 is 5.32 Å². The van der Waals surface area contributed by atoms with Crippen molar-refractivity contribution in [2.75, 3.05) is 5.32 Å². The zero-order chi connectivity index (χ0) is 10.7. The fraction of sp³-hybridized carbons (Fsp3) is 0.300. The molecule has 0 radical (unpaired) electrons. The lowest BCUT2D eigenvalue weighted by atomic mass is 10.3. The molecule has 0 saturated carbocycles. The highest BCUT2D eigenvalue weighted by Crippen LogP contribution is 2.19. The van der Waals surface area contributed by atoms with Crippen molar-refractivity contribution < 1.29 is 0 Å². The van der Waals surface area contributed by atoms with E-state index in [2.05, 4.69) is 27.2 Å². The zero-order valence-corrected chi connectivity index (χ0v) is 9.45. The van der Waals surface area contributed by atoms with Crippen molar-refractivity contribution in [1.29, 1.82) is 0 Å². The molecule has 0 bridgehead atoms. The molecule has 0 aromatic carbocycles. The van der Waals surface area contributed by atoms with Gasteiger partial charge >= 0.3 is 0 Å². The smallest absolute Gasteiger partial charge is 0.130 e. The largest absolute Gasteiger partial charge is 0.361 e. The minimum atomic E-state index is 0.180. The topological polar surface area (TPSA) is 50.7 Å². The Balaban J connectivity index is 2.09. The van der Waals surface area contributed by atoms with Crippen LogP contribution in [0.25, 0.3) is 0 Å². The fourth-order valence-corrected chi connectivity index (χ4v) is 1.91. The first-order valence-electron chi connectivity index (χ1n) is 4.70. The van der Waals surface area contributed by atoms with Crippen LogP contribution in [0.3, 0.4) is 0 Å². The number of hydrogen-bond donors (Lipinski definition) is 1. The monoisotopic (exact) mass is 220 g/mol. The van der Waals surface area contributed by atoms with Crippen LogP contribution in [-0.2, 0) is 0 Å². The summed E-state index contributed by atoms with van der Waals surface area (Å²) in [5.41, 5.74) is 0.957. The molecule has 1 unspecified atom stereocenters. The van der Waals surface area contributed by atoms with E-state index in [1.54, 1.807) is 17.7 Å². The Kier molecular flexibility index (Phi) is 2.91. The maximum Gasteiger partial charge on any atom is 0.130 e. The number of anilines is 1. The second-order valence-corrected chi connectivity index (χ2v) is 4.21. The fourth-order valence-electron chi connectivity index (χ4n) is 1.27. The second kappa shape index (κ2) is 4.35. The molecule has 0 amide bonds. The maximum atomic E-state index is 4.25. The van der Waals surface area contributed by atoms with Gasteiger partial charge in [-0.15, -0.1) is 11.3 Å². The molecule has 0 spiro atoms. The Bertz CT molecular complexity index is 427. The van der Waals surface area contributed by atoms with E-state index in [0.717, 1.165) is 16.5 Å². The summed E-state index contributed by atoms with van der Waals surface area (Å²) in [4.78, 5) is 12.4. The third-order valence-corrected chi connectivity index (χ3v) is 2.95. The van der Waals surface area contributed by atoms with Gasteiger partial charge in [-0.25, -0.2) is 15.0 Å². The first-order valence-corrected chi connectivity index (χ1v) is 5.58. The highest BCUT2D eigenvalue weighted by molar-refractivity contribution is 7.09. The molecule has 5 heteroatoms. The number of nitrogens with one attached hydrogen (secondary N) is 1. The Labute approximate surface area is 92.4 Å². The predicted octanol–water partition coefficient (Wildman–Crippen LogP) is 2.41. The highest BCUT2D eigenvalue weighted by Gasteiger charge is 2.07. The SMILES string of the molecule is Cc1cc(NC(C)c2nccs2)ncn1. The van der Waals surface area contributed by atoms with Gasteiger partial charge in [-0.2, -0.15) is 0 Å². The summed E-state index contributed by atoms with van der Waals surface area (Å²) in [6.07, 6.45) is 3.37. The van der Waals surface area contributed by atoms with Crippen LogP contribution in [0.1, 0.15) is 23.7 Å². The van der Waals surface area contributed by atoms with E-state index in [-0.39, 0.29) is 6.04 Å². The first-order chi connectivity index (χ1) is 7.25. The normalized spacial score (nSPS) is 12.4. The summed E-state index contributed by atoms with van der Waals surface area (Å²) in [7, 11) is 0. The van der Waals surface area contributed by atoms with Crippen molar-refractivity contribution in [2.45, 2.75) is 19.9 Å². The first kappa shape index (κ1) is 10.0. The molecule has 0 aliphatic rings. The number of aromatic nitrogens is 3. The Morgan fingerprint density at radius 3 is 2.87 bits per heavy atom. The molecule has 0 fully saturated rings. The average molecular weight is 220 g/mol. The van der Waals surface area contributed by atoms with Crippen molar-refractivity contribution in [3.05, 3.63) is 34.7 Å². The van der Waals surface area contributed by atoms with Gasteiger partial charge in [0.15, 0.2) is 0 Å². The van der Waals surface area contributed by atoms with Crippen molar-refractivity contribution >= 4 is 17.2 Å². The van der Waals surface area contributed by atoms with Gasteiger partial charge in [0.2, 0.25) is 0 Å². The summed E-state index contributed by atoms with van der Waals surface area (Å²) < 4.78 is 0. The van der Waals surface area contributed by atoms with Crippen LogP contribution >= 0.6 is 11.3 Å². The number of nitrogens with zero attached hydrogens (tertiary/aromatic N) is 3. The lowest BCUT2D eigenvalue weighted by Crippen LogP contribution is -2.07. The van der Waals surface area contributed by atoms with Gasteiger partial charge < -0.3 is 5.32 Å². The molecule has 78 valence electrons. The molecule has 4 nitrogen and oxygen atoms in total. The van der Waals surface area contributed by atoms with Crippen LogP contribution in [0, 0.1) is 6.92 Å². The quantitative estimate of drug-likeness (QED) is 0.863. The Morgan fingerprint density at radius 1 is 1.33 bits per heavy atom. The molecule has 1 N–H and O–H groups in total. The molecule has 1 atom stereocenters. The van der Waals surface area contributed by atoms with E-state index in [0.29, 0.717) is 0 Å². The van der Waals surface area contributed by atoms with E-state index in [1.807, 2.05) is 24.6 Å². The molecule has 15 heavy (non-hydrogen) atoms. The average Bonchev–Trinajstić information content (AvgIpc) is 2.70. The molecular weight excluding hydrogens is 208 g/mol. The van der Waals surface area contributed by atoms with Crippen molar-refractivity contribution in [3.8, 4) is 0 Å². The minimum Gasteiger partial charge on any atom is -0.361 e. The molecule has 0 aliphatic heterocycles. The van der Waals surface area contributed by atoms with E-state index in [4.69, 9.17) is 0 Å². The number of aryl methyl sites for hydroxylation is 1. The van der Waals surface area contributed by atoms with Crippen LogP contribution in [0.4, 0.5) is 5.82 Å². The zero-order valence-electron chi connectivity index (χ0n) is 8.64. The van der Waals surface area contributed by atoms with Gasteiger partial charge in [-0.1, -0.05) is 0 Å². The molecule has 2 rings (SSSR count). The van der Waals surface area contributed by atoms with E-state index < -0.39 is 0 Å². The van der Waals surface area contributed by atoms with E-state index in [1.165, 1.54) is 0 Å². The van der Waals surface area contributed by atoms with Gasteiger partial charge in [0.1, 0.15) is 17.2 Å². The van der Waals surface area contributed by atoms with Crippen LogP contribution in [0.2, 0.25) is 0 Å². The van der Waals surface area contributed by atoms with Gasteiger partial charge in [0.25, 0.3) is 0 Å². The van der Waals surface area contributed by atoms with Crippen molar-refractivity contribution in [2.24, 2.45) is 0 Å². The maximum absolute atomic E-state index is 4.25. The molecule has 0 aliphatic carbocycles. The highest BCUT2D eigenvalue weighted by atomic mass is 32.1. The summed E-state index contributed by atoms with van der Waals surface area (Å²) in [6.45, 7) is 4.01. The summed E-state index contributed by atoms with van der Waals surface area (Å²) in [6, 6.07) is 2.10. The molecule has 0 saturated heterocycles. The second-order valence-electron chi connectivity index (χ2n) is 3.28. The van der Waals surface area contributed by atoms with E-state index in [9.17, 15) is 0 Å². The van der Waals surface area contributed by atoms with Gasteiger partial charge in [-0.3, -0.25) is 0 Å². The van der Waals surface area contributed by atoms with Gasteiger partial charge in [0.05, 0.1) is 6.04 Å². The molecular formula is C10H12N4S. The van der Waals surface area contributed by atoms with Crippen LogP contribution in [0.5, 0.6) is 0 Å². The molecule has 2 heterocycles. The van der Waals surface area contributed by atoms with Crippen molar-refractivity contribution in [1.82, 2.24) is 15.0 Å². The minimum absolute atomic E-state index is 0.180. The van der Waals surface area contributed by atoms with Gasteiger partial charge in [-0.05, 0) is 13.8 Å². The van der Waals surface area contributed by atoms with E-state index >= 15 is 0 Å². The molecule has 2 aromatic heterocycles. The standard InChI is InChI=1S/C10H12N4S/c1-7-5-9(13-6-12-7)14-8(2)10-11-3-4-15-10/h3-6,8H,1-2H3,(H,12,13,14). The summed E-state index contributed by atoms with van der Waals surface area (Å²) in [5, 5.41) is 6.31. The predicted molar refractivity (Wildman–Crippen MR) is 60.9 cm³/mol. The number of hydrogen-bond acceptors (Lipinski definition) is 5. The molecule has 2 aromatic rings. The third kappa shape index (κ3) is 2.50. The summed E-state index contributed by atoms with van der Waals surface area (Å²) in [5.74, 6) is 0.838. The van der Waals surface area contributed by atoms with Crippen LogP contribution in [-0.4, -0.2) is 15.0 Å².